The average Bonchev–Trinajstić information content (AvgIpc) is 3.10. The number of amides is 2. The van der Waals surface area contributed by atoms with E-state index in [1.807, 2.05) is 76.3 Å². The summed E-state index contributed by atoms with van der Waals surface area (Å²) in [6.45, 7) is 6.45. The Hall–Kier alpha value is -3.55. The van der Waals surface area contributed by atoms with Crippen LogP contribution in [-0.2, 0) is 20.7 Å². The fourth-order valence-electron chi connectivity index (χ4n) is 4.42. The van der Waals surface area contributed by atoms with Crippen molar-refractivity contribution in [2.75, 3.05) is 20.2 Å². The average molecular weight is 511 g/mol. The van der Waals surface area contributed by atoms with E-state index in [2.05, 4.69) is 5.32 Å². The van der Waals surface area contributed by atoms with Crippen LogP contribution in [0.5, 0.6) is 5.75 Å². The number of hydrogen-bond acceptors (Lipinski definition) is 5. The van der Waals surface area contributed by atoms with Crippen molar-refractivity contribution in [2.45, 2.75) is 64.5 Å². The summed E-state index contributed by atoms with van der Waals surface area (Å²) in [5.41, 5.74) is 2.28. The predicted molar refractivity (Wildman–Crippen MR) is 141 cm³/mol. The molecule has 1 saturated heterocycles. The number of hydrogen-bond donors (Lipinski definition) is 2. The summed E-state index contributed by atoms with van der Waals surface area (Å²) >= 11 is 0. The third kappa shape index (κ3) is 8.81. The highest BCUT2D eigenvalue weighted by Gasteiger charge is 2.36. The normalized spacial score (nSPS) is 17.5. The number of ether oxygens (including phenoxy) is 2. The fraction of sp³-hybridized carbons (Fsp3) is 0.483. The van der Waals surface area contributed by atoms with E-state index in [-0.39, 0.29) is 24.3 Å². The second-order valence-corrected chi connectivity index (χ2v) is 10.6. The monoisotopic (exact) mass is 510 g/mol. The number of carbonyl (C=O) groups excluding carboxylic acids is 2. The van der Waals surface area contributed by atoms with Gasteiger partial charge in [0.15, 0.2) is 0 Å². The molecule has 2 atom stereocenters. The summed E-state index contributed by atoms with van der Waals surface area (Å²) in [6.07, 6.45) is 2.79. The standard InChI is InChI=1S/C29H38N2O6/c1-29(2,3)37-28(35)30-16-6-5-7-23-18-24(31(4)27(23)34)19-36-25-14-12-22(13-15-25)21-10-8-20(9-11-21)17-26(32)33/h8-15,23-24H,5-7,16-19H2,1-4H3,(H,30,35)(H,32,33)/t23-,24+/m1/s1. The Balaban J connectivity index is 1.41. The van der Waals surface area contributed by atoms with Crippen molar-refractivity contribution >= 4 is 18.0 Å². The molecule has 2 amide bonds. The molecule has 8 heteroatoms. The van der Waals surface area contributed by atoms with E-state index in [1.54, 1.807) is 4.90 Å². The zero-order chi connectivity index (χ0) is 27.0. The van der Waals surface area contributed by atoms with Crippen molar-refractivity contribution in [3.63, 3.8) is 0 Å². The van der Waals surface area contributed by atoms with Gasteiger partial charge >= 0.3 is 12.1 Å². The molecule has 1 heterocycles. The number of unbranched alkanes of at least 4 members (excludes halogenated alkanes) is 1. The zero-order valence-electron chi connectivity index (χ0n) is 22.2. The number of carboxylic acid groups (broad SMARTS) is 1. The third-order valence-electron chi connectivity index (χ3n) is 6.39. The SMILES string of the molecule is CN1C(=O)[C@H](CCCCNC(=O)OC(C)(C)C)C[C@H]1COc1ccc(-c2ccc(CC(=O)O)cc2)cc1. The van der Waals surface area contributed by atoms with Crippen LogP contribution in [0.25, 0.3) is 11.1 Å². The molecule has 3 rings (SSSR count). The lowest BCUT2D eigenvalue weighted by Crippen LogP contribution is -2.33. The zero-order valence-corrected chi connectivity index (χ0v) is 22.2. The van der Waals surface area contributed by atoms with Gasteiger partial charge in [0, 0.05) is 19.5 Å². The Morgan fingerprint density at radius 1 is 1.03 bits per heavy atom. The van der Waals surface area contributed by atoms with Gasteiger partial charge in [0.1, 0.15) is 18.0 Å². The van der Waals surface area contributed by atoms with Crippen LogP contribution in [0.3, 0.4) is 0 Å². The number of carbonyl (C=O) groups is 3. The van der Waals surface area contributed by atoms with Gasteiger partial charge in [-0.15, -0.1) is 0 Å². The second-order valence-electron chi connectivity index (χ2n) is 10.6. The Morgan fingerprint density at radius 2 is 1.65 bits per heavy atom. The number of likely N-dealkylation sites (N-methyl/N-ethyl adjacent to an activating group) is 1. The first-order valence-electron chi connectivity index (χ1n) is 12.8. The molecule has 8 nitrogen and oxygen atoms in total. The molecule has 0 spiro atoms. The molecular weight excluding hydrogens is 472 g/mol. The Morgan fingerprint density at radius 3 is 2.24 bits per heavy atom. The van der Waals surface area contributed by atoms with Gasteiger partial charge in [-0.1, -0.05) is 42.8 Å². The van der Waals surface area contributed by atoms with Crippen molar-refractivity contribution in [2.24, 2.45) is 5.92 Å². The molecule has 2 aromatic carbocycles. The fourth-order valence-corrected chi connectivity index (χ4v) is 4.42. The first kappa shape index (κ1) is 28.0. The minimum absolute atomic E-state index is 0.0112. The van der Waals surface area contributed by atoms with Crippen molar-refractivity contribution < 1.29 is 29.0 Å². The number of benzene rings is 2. The molecule has 1 fully saturated rings. The number of alkyl carbamates (subject to hydrolysis) is 1. The Bertz CT molecular complexity index is 1060. The smallest absolute Gasteiger partial charge is 0.407 e. The van der Waals surface area contributed by atoms with Gasteiger partial charge in [-0.05, 0) is 68.9 Å². The van der Waals surface area contributed by atoms with Gasteiger partial charge in [0.2, 0.25) is 5.91 Å². The number of rotatable bonds is 11. The van der Waals surface area contributed by atoms with Gasteiger partial charge in [-0.2, -0.15) is 0 Å². The summed E-state index contributed by atoms with van der Waals surface area (Å²) in [7, 11) is 1.83. The van der Waals surface area contributed by atoms with Crippen LogP contribution < -0.4 is 10.1 Å². The Labute approximate surface area is 219 Å². The molecule has 0 radical (unpaired) electrons. The molecule has 2 aromatic rings. The highest BCUT2D eigenvalue weighted by atomic mass is 16.6. The lowest BCUT2D eigenvalue weighted by atomic mass is 9.98. The molecule has 2 N–H and O–H groups in total. The van der Waals surface area contributed by atoms with Crippen molar-refractivity contribution in [1.29, 1.82) is 0 Å². The van der Waals surface area contributed by atoms with Crippen LogP contribution in [0.1, 0.15) is 52.0 Å². The lowest BCUT2D eigenvalue weighted by molar-refractivity contribution is -0.136. The predicted octanol–water partition coefficient (Wildman–Crippen LogP) is 4.90. The van der Waals surface area contributed by atoms with E-state index < -0.39 is 17.7 Å². The van der Waals surface area contributed by atoms with Gasteiger partial charge in [-0.25, -0.2) is 4.79 Å². The lowest BCUT2D eigenvalue weighted by Gasteiger charge is -2.20. The third-order valence-corrected chi connectivity index (χ3v) is 6.39. The van der Waals surface area contributed by atoms with E-state index in [9.17, 15) is 14.4 Å². The molecule has 1 aliphatic heterocycles. The molecule has 37 heavy (non-hydrogen) atoms. The van der Waals surface area contributed by atoms with Gasteiger partial charge in [0.25, 0.3) is 0 Å². The van der Waals surface area contributed by atoms with E-state index in [0.717, 1.165) is 48.1 Å². The first-order valence-corrected chi connectivity index (χ1v) is 12.8. The minimum atomic E-state index is -0.845. The maximum Gasteiger partial charge on any atom is 0.407 e. The van der Waals surface area contributed by atoms with Gasteiger partial charge in [-0.3, -0.25) is 9.59 Å². The van der Waals surface area contributed by atoms with Gasteiger partial charge in [0.05, 0.1) is 12.5 Å². The summed E-state index contributed by atoms with van der Waals surface area (Å²) in [4.78, 5) is 37.0. The molecule has 1 aliphatic rings. The molecular formula is C29H38N2O6. The van der Waals surface area contributed by atoms with E-state index in [0.29, 0.717) is 13.2 Å². The van der Waals surface area contributed by atoms with Crippen molar-refractivity contribution in [3.05, 3.63) is 54.1 Å². The first-order chi connectivity index (χ1) is 17.5. The maximum absolute atomic E-state index is 12.7. The molecule has 200 valence electrons. The number of likely N-dealkylation sites (tertiary alicyclic amines) is 1. The molecule has 0 unspecified atom stereocenters. The number of aliphatic carboxylic acids is 1. The van der Waals surface area contributed by atoms with E-state index in [4.69, 9.17) is 14.6 Å². The van der Waals surface area contributed by atoms with Gasteiger partial charge < -0.3 is 24.8 Å². The van der Waals surface area contributed by atoms with Crippen LogP contribution in [0.2, 0.25) is 0 Å². The minimum Gasteiger partial charge on any atom is -0.491 e. The van der Waals surface area contributed by atoms with Crippen LogP contribution in [0.15, 0.2) is 48.5 Å². The van der Waals surface area contributed by atoms with Crippen molar-refractivity contribution in [1.82, 2.24) is 10.2 Å². The topological polar surface area (TPSA) is 105 Å². The summed E-state index contributed by atoms with van der Waals surface area (Å²) in [6, 6.07) is 15.3. The largest absolute Gasteiger partial charge is 0.491 e. The summed E-state index contributed by atoms with van der Waals surface area (Å²) < 4.78 is 11.2. The molecule has 0 saturated carbocycles. The van der Waals surface area contributed by atoms with Crippen LogP contribution in [0, 0.1) is 5.92 Å². The molecule has 0 bridgehead atoms. The van der Waals surface area contributed by atoms with Crippen LogP contribution in [0.4, 0.5) is 4.79 Å². The second kappa shape index (κ2) is 12.6. The summed E-state index contributed by atoms with van der Waals surface area (Å²) in [5.74, 6) is 0.0218. The molecule has 0 aliphatic carbocycles. The quantitative estimate of drug-likeness (QED) is 0.417. The van der Waals surface area contributed by atoms with Crippen LogP contribution >= 0.6 is 0 Å². The highest BCUT2D eigenvalue weighted by Crippen LogP contribution is 2.29. The Kier molecular flexibility index (Phi) is 9.55. The summed E-state index contributed by atoms with van der Waals surface area (Å²) in [5, 5.41) is 11.7. The van der Waals surface area contributed by atoms with Crippen molar-refractivity contribution in [3.8, 4) is 16.9 Å². The molecule has 0 aromatic heterocycles. The van der Waals surface area contributed by atoms with E-state index >= 15 is 0 Å². The maximum atomic E-state index is 12.7. The highest BCUT2D eigenvalue weighted by molar-refractivity contribution is 5.81. The number of nitrogens with one attached hydrogen (secondary N) is 1. The van der Waals surface area contributed by atoms with E-state index in [1.165, 1.54) is 0 Å². The number of carboxylic acids is 1. The number of nitrogens with zero attached hydrogens (tertiary/aromatic N) is 1. The van der Waals surface area contributed by atoms with Crippen LogP contribution in [-0.4, -0.2) is 59.8 Å².